The van der Waals surface area contributed by atoms with Gasteiger partial charge in [-0.15, -0.1) is 0 Å². The summed E-state index contributed by atoms with van der Waals surface area (Å²) in [5, 5.41) is 8.60. The molecule has 2 saturated carbocycles. The molecule has 0 aromatic carbocycles. The van der Waals surface area contributed by atoms with E-state index in [0.29, 0.717) is 5.92 Å². The summed E-state index contributed by atoms with van der Waals surface area (Å²) in [7, 11) is 0. The average molecular weight is 155 g/mol. The molecule has 3 nitrogen and oxygen atoms in total. The molecule has 0 saturated heterocycles. The Morgan fingerprint density at radius 3 is 2.82 bits per heavy atom. The first kappa shape index (κ1) is 7.10. The van der Waals surface area contributed by atoms with E-state index in [0.717, 1.165) is 18.8 Å². The van der Waals surface area contributed by atoms with Crippen molar-refractivity contribution in [2.24, 2.45) is 17.6 Å². The second kappa shape index (κ2) is 1.97. The highest BCUT2D eigenvalue weighted by atomic mass is 16.4. The molecule has 2 fully saturated rings. The predicted octanol–water partition coefficient (Wildman–Crippen LogP) is 0.588. The van der Waals surface area contributed by atoms with Crippen LogP contribution < -0.4 is 5.73 Å². The first-order valence-corrected chi connectivity index (χ1v) is 4.12. The fourth-order valence-electron chi connectivity index (χ4n) is 2.41. The van der Waals surface area contributed by atoms with Gasteiger partial charge in [0.1, 0.15) is 0 Å². The third-order valence-electron chi connectivity index (χ3n) is 3.12. The van der Waals surface area contributed by atoms with E-state index in [4.69, 9.17) is 10.8 Å². The molecule has 0 amide bonds. The lowest BCUT2D eigenvalue weighted by Gasteiger charge is -2.23. The summed E-state index contributed by atoms with van der Waals surface area (Å²) in [6, 6.07) is 0. The SMILES string of the molecule is NC1(CC(=O)O)CCC2CC21. The number of carbonyl (C=O) groups is 1. The number of hydrogen-bond donors (Lipinski definition) is 2. The number of fused-ring (bicyclic) bond motifs is 1. The fourth-order valence-corrected chi connectivity index (χ4v) is 2.41. The standard InChI is InChI=1S/C8H13NO2/c9-8(4-7(10)11)2-1-5-3-6(5)8/h5-6H,1-4,9H2,(H,10,11). The maximum atomic E-state index is 10.4. The number of carboxylic acids is 1. The van der Waals surface area contributed by atoms with Gasteiger partial charge < -0.3 is 10.8 Å². The minimum absolute atomic E-state index is 0.161. The first-order chi connectivity index (χ1) is 5.12. The highest BCUT2D eigenvalue weighted by Gasteiger charge is 2.56. The van der Waals surface area contributed by atoms with Crippen molar-refractivity contribution < 1.29 is 9.90 Å². The Hall–Kier alpha value is -0.570. The van der Waals surface area contributed by atoms with E-state index in [9.17, 15) is 4.79 Å². The molecule has 0 aromatic rings. The van der Waals surface area contributed by atoms with E-state index in [1.54, 1.807) is 0 Å². The molecule has 0 aromatic heterocycles. The Bertz CT molecular complexity index is 204. The largest absolute Gasteiger partial charge is 0.481 e. The van der Waals surface area contributed by atoms with Crippen LogP contribution in [-0.2, 0) is 4.79 Å². The minimum atomic E-state index is -0.750. The summed E-state index contributed by atoms with van der Waals surface area (Å²) in [6.45, 7) is 0. The van der Waals surface area contributed by atoms with Gasteiger partial charge in [0, 0.05) is 5.54 Å². The number of nitrogens with two attached hydrogens (primary N) is 1. The normalized spacial score (nSPS) is 47.0. The van der Waals surface area contributed by atoms with Gasteiger partial charge >= 0.3 is 5.97 Å². The highest BCUT2D eigenvalue weighted by molar-refractivity contribution is 5.68. The minimum Gasteiger partial charge on any atom is -0.481 e. The zero-order valence-electron chi connectivity index (χ0n) is 6.42. The molecule has 0 heterocycles. The highest BCUT2D eigenvalue weighted by Crippen LogP contribution is 2.57. The molecule has 3 heteroatoms. The monoisotopic (exact) mass is 155 g/mol. The molecule has 3 atom stereocenters. The van der Waals surface area contributed by atoms with Crippen LogP contribution >= 0.6 is 0 Å². The van der Waals surface area contributed by atoms with E-state index < -0.39 is 5.97 Å². The molecular formula is C8H13NO2. The van der Waals surface area contributed by atoms with Gasteiger partial charge in [-0.05, 0) is 31.1 Å². The molecule has 2 aliphatic rings. The van der Waals surface area contributed by atoms with Crippen molar-refractivity contribution in [2.45, 2.75) is 31.2 Å². The number of rotatable bonds is 2. The number of hydrogen-bond acceptors (Lipinski definition) is 2. The van der Waals surface area contributed by atoms with Crippen LogP contribution in [0.25, 0.3) is 0 Å². The topological polar surface area (TPSA) is 63.3 Å². The van der Waals surface area contributed by atoms with Gasteiger partial charge in [0.05, 0.1) is 6.42 Å². The van der Waals surface area contributed by atoms with Crippen LogP contribution in [0, 0.1) is 11.8 Å². The lowest BCUT2D eigenvalue weighted by molar-refractivity contribution is -0.138. The van der Waals surface area contributed by atoms with Gasteiger partial charge in [-0.3, -0.25) is 4.79 Å². The molecule has 0 aliphatic heterocycles. The summed E-state index contributed by atoms with van der Waals surface area (Å²) in [4.78, 5) is 10.4. The van der Waals surface area contributed by atoms with Crippen molar-refractivity contribution in [2.75, 3.05) is 0 Å². The number of aliphatic carboxylic acids is 1. The smallest absolute Gasteiger partial charge is 0.305 e. The molecule has 3 N–H and O–H groups in total. The Balaban J connectivity index is 2.04. The maximum absolute atomic E-state index is 10.4. The van der Waals surface area contributed by atoms with Crippen LogP contribution in [0.1, 0.15) is 25.7 Å². The van der Waals surface area contributed by atoms with Crippen LogP contribution in [0.4, 0.5) is 0 Å². The second-order valence-electron chi connectivity index (χ2n) is 3.94. The van der Waals surface area contributed by atoms with Crippen molar-refractivity contribution in [1.82, 2.24) is 0 Å². The summed E-state index contributed by atoms with van der Waals surface area (Å²) in [6.07, 6.45) is 3.39. The van der Waals surface area contributed by atoms with E-state index in [1.165, 1.54) is 6.42 Å². The third kappa shape index (κ3) is 1.03. The zero-order valence-corrected chi connectivity index (χ0v) is 6.42. The van der Waals surface area contributed by atoms with Crippen molar-refractivity contribution in [1.29, 1.82) is 0 Å². The Labute approximate surface area is 65.6 Å². The van der Waals surface area contributed by atoms with Crippen LogP contribution in [-0.4, -0.2) is 16.6 Å². The van der Waals surface area contributed by atoms with Crippen molar-refractivity contribution in [3.05, 3.63) is 0 Å². The lowest BCUT2D eigenvalue weighted by Crippen LogP contribution is -2.42. The third-order valence-corrected chi connectivity index (χ3v) is 3.12. The van der Waals surface area contributed by atoms with Gasteiger partial charge in [0.15, 0.2) is 0 Å². The molecule has 0 spiro atoms. The van der Waals surface area contributed by atoms with Gasteiger partial charge in [-0.25, -0.2) is 0 Å². The van der Waals surface area contributed by atoms with Crippen LogP contribution in [0.3, 0.4) is 0 Å². The van der Waals surface area contributed by atoms with Gasteiger partial charge in [0.2, 0.25) is 0 Å². The Morgan fingerprint density at radius 2 is 2.45 bits per heavy atom. The molecule has 0 radical (unpaired) electrons. The van der Waals surface area contributed by atoms with E-state index in [1.807, 2.05) is 0 Å². The maximum Gasteiger partial charge on any atom is 0.305 e. The van der Waals surface area contributed by atoms with Crippen molar-refractivity contribution >= 4 is 5.97 Å². The molecule has 3 unspecified atom stereocenters. The quantitative estimate of drug-likeness (QED) is 0.613. The summed E-state index contributed by atoms with van der Waals surface area (Å²) in [5.74, 6) is 0.540. The molecule has 2 rings (SSSR count). The Kier molecular flexibility index (Phi) is 1.27. The summed E-state index contributed by atoms with van der Waals surface area (Å²) < 4.78 is 0. The first-order valence-electron chi connectivity index (χ1n) is 4.12. The van der Waals surface area contributed by atoms with E-state index in [2.05, 4.69) is 0 Å². The van der Waals surface area contributed by atoms with E-state index >= 15 is 0 Å². The fraction of sp³-hybridized carbons (Fsp3) is 0.875. The molecule has 2 aliphatic carbocycles. The van der Waals surface area contributed by atoms with Crippen LogP contribution in [0.15, 0.2) is 0 Å². The van der Waals surface area contributed by atoms with Gasteiger partial charge in [-0.2, -0.15) is 0 Å². The predicted molar refractivity (Wildman–Crippen MR) is 40.0 cm³/mol. The average Bonchev–Trinajstić information content (AvgIpc) is 2.55. The van der Waals surface area contributed by atoms with Gasteiger partial charge in [-0.1, -0.05) is 0 Å². The van der Waals surface area contributed by atoms with Crippen molar-refractivity contribution in [3.63, 3.8) is 0 Å². The summed E-state index contributed by atoms with van der Waals surface area (Å²) >= 11 is 0. The van der Waals surface area contributed by atoms with Crippen molar-refractivity contribution in [3.8, 4) is 0 Å². The van der Waals surface area contributed by atoms with Gasteiger partial charge in [0.25, 0.3) is 0 Å². The molecule has 11 heavy (non-hydrogen) atoms. The summed E-state index contributed by atoms with van der Waals surface area (Å²) in [5.41, 5.74) is 5.61. The molecule has 0 bridgehead atoms. The lowest BCUT2D eigenvalue weighted by atomic mass is 9.91. The molecule has 62 valence electrons. The molecular weight excluding hydrogens is 142 g/mol. The Morgan fingerprint density at radius 1 is 1.73 bits per heavy atom. The van der Waals surface area contributed by atoms with E-state index in [-0.39, 0.29) is 12.0 Å². The second-order valence-corrected chi connectivity index (χ2v) is 3.94. The van der Waals surface area contributed by atoms with Crippen LogP contribution in [0.5, 0.6) is 0 Å². The zero-order chi connectivity index (χ0) is 8.06. The van der Waals surface area contributed by atoms with Crippen LogP contribution in [0.2, 0.25) is 0 Å². The number of carboxylic acid groups (broad SMARTS) is 1.